The summed E-state index contributed by atoms with van der Waals surface area (Å²) in [6, 6.07) is 9.08. The van der Waals surface area contributed by atoms with Crippen LogP contribution in [0.5, 0.6) is 0 Å². The van der Waals surface area contributed by atoms with E-state index in [0.29, 0.717) is 6.04 Å². The Morgan fingerprint density at radius 2 is 2.00 bits per heavy atom. The van der Waals surface area contributed by atoms with Crippen molar-refractivity contribution < 1.29 is 0 Å². The molecule has 0 fully saturated rings. The van der Waals surface area contributed by atoms with E-state index in [0.717, 1.165) is 13.0 Å². The number of rotatable bonds is 1. The Morgan fingerprint density at radius 3 is 2.71 bits per heavy atom. The van der Waals surface area contributed by atoms with Crippen molar-refractivity contribution in [2.75, 3.05) is 18.9 Å². The highest BCUT2D eigenvalue weighted by Crippen LogP contribution is 2.20. The molecule has 0 radical (unpaired) electrons. The summed E-state index contributed by atoms with van der Waals surface area (Å²) in [7, 11) is 2.01. The minimum Gasteiger partial charge on any atom is -0.383 e. The van der Waals surface area contributed by atoms with Crippen LogP contribution in [0.25, 0.3) is 0 Å². The second-order valence-electron chi connectivity index (χ2n) is 3.23. The predicted octanol–water partition coefficient (Wildman–Crippen LogP) is 2.27. The lowest BCUT2D eigenvalue weighted by molar-refractivity contribution is 0.570. The number of likely N-dealkylation sites (N-methyl/N-ethyl adjacent to an activating group) is 1. The third-order valence-corrected chi connectivity index (χ3v) is 2.43. The van der Waals surface area contributed by atoms with Gasteiger partial charge in [-0.1, -0.05) is 32.0 Å². The third-order valence-electron chi connectivity index (χ3n) is 2.43. The number of benzene rings is 1. The summed E-state index contributed by atoms with van der Waals surface area (Å²) < 4.78 is 0. The summed E-state index contributed by atoms with van der Waals surface area (Å²) in [5.74, 6) is 0. The first-order chi connectivity index (χ1) is 6.90. The zero-order valence-corrected chi connectivity index (χ0v) is 9.30. The molecule has 2 nitrogen and oxygen atoms in total. The zero-order valence-electron chi connectivity index (χ0n) is 9.30. The Balaban J connectivity index is 0.000000461. The van der Waals surface area contributed by atoms with Crippen LogP contribution in [0.15, 0.2) is 24.3 Å². The molecular weight excluding hydrogens is 172 g/mol. The molecule has 1 aromatic rings. The van der Waals surface area contributed by atoms with Crippen molar-refractivity contribution in [2.45, 2.75) is 26.3 Å². The Kier molecular flexibility index (Phi) is 4.47. The lowest BCUT2D eigenvalue weighted by Gasteiger charge is -2.25. The van der Waals surface area contributed by atoms with Crippen LogP contribution >= 0.6 is 0 Å². The van der Waals surface area contributed by atoms with Crippen LogP contribution in [0.4, 0.5) is 5.69 Å². The fraction of sp³-hybridized carbons (Fsp3) is 0.500. The summed E-state index contributed by atoms with van der Waals surface area (Å²) >= 11 is 0. The fourth-order valence-corrected chi connectivity index (χ4v) is 1.65. The fourth-order valence-electron chi connectivity index (χ4n) is 1.65. The smallest absolute Gasteiger partial charge is 0.0373 e. The van der Waals surface area contributed by atoms with Crippen LogP contribution in [-0.4, -0.2) is 19.6 Å². The van der Waals surface area contributed by atoms with Crippen molar-refractivity contribution in [3.05, 3.63) is 29.8 Å². The van der Waals surface area contributed by atoms with Crippen molar-refractivity contribution >= 4 is 5.69 Å². The van der Waals surface area contributed by atoms with Gasteiger partial charge in [-0.3, -0.25) is 0 Å². The maximum atomic E-state index is 3.40. The van der Waals surface area contributed by atoms with Gasteiger partial charge in [0, 0.05) is 18.3 Å². The quantitative estimate of drug-likeness (QED) is 0.713. The van der Waals surface area contributed by atoms with Crippen molar-refractivity contribution in [1.82, 2.24) is 5.32 Å². The molecule has 1 aliphatic heterocycles. The highest BCUT2D eigenvalue weighted by Gasteiger charge is 2.14. The lowest BCUT2D eigenvalue weighted by atomic mass is 10.0. The van der Waals surface area contributed by atoms with Gasteiger partial charge >= 0.3 is 0 Å². The molecule has 0 amide bonds. The van der Waals surface area contributed by atoms with Crippen LogP contribution in [0.1, 0.15) is 19.4 Å². The molecule has 0 aromatic heterocycles. The molecule has 2 N–H and O–H groups in total. The standard InChI is InChI=1S/C10H14N2.C2H6/c1-11-9-6-8-4-2-3-5-10(8)12-7-9;1-2/h2-5,9,11-12H,6-7H2,1H3;1-2H3. The van der Waals surface area contributed by atoms with E-state index in [2.05, 4.69) is 34.9 Å². The monoisotopic (exact) mass is 192 g/mol. The van der Waals surface area contributed by atoms with E-state index in [9.17, 15) is 0 Å². The van der Waals surface area contributed by atoms with Crippen molar-refractivity contribution in [1.29, 1.82) is 0 Å². The van der Waals surface area contributed by atoms with Gasteiger partial charge in [0.15, 0.2) is 0 Å². The van der Waals surface area contributed by atoms with Gasteiger partial charge in [0.25, 0.3) is 0 Å². The number of hydrogen-bond donors (Lipinski definition) is 2. The lowest BCUT2D eigenvalue weighted by Crippen LogP contribution is -2.37. The van der Waals surface area contributed by atoms with Crippen molar-refractivity contribution in [3.63, 3.8) is 0 Å². The van der Waals surface area contributed by atoms with E-state index in [-0.39, 0.29) is 0 Å². The molecular formula is C12H20N2. The van der Waals surface area contributed by atoms with Crippen LogP contribution in [0, 0.1) is 0 Å². The molecule has 1 aromatic carbocycles. The second kappa shape index (κ2) is 5.66. The van der Waals surface area contributed by atoms with Crippen LogP contribution in [0.2, 0.25) is 0 Å². The number of para-hydroxylation sites is 1. The van der Waals surface area contributed by atoms with Crippen LogP contribution < -0.4 is 10.6 Å². The summed E-state index contributed by atoms with van der Waals surface area (Å²) in [4.78, 5) is 0. The van der Waals surface area contributed by atoms with Crippen molar-refractivity contribution in [2.24, 2.45) is 0 Å². The van der Waals surface area contributed by atoms with Gasteiger partial charge < -0.3 is 10.6 Å². The molecule has 0 saturated heterocycles. The maximum absolute atomic E-state index is 3.40. The first kappa shape index (κ1) is 11.1. The molecule has 0 aliphatic carbocycles. The molecule has 14 heavy (non-hydrogen) atoms. The molecule has 2 rings (SSSR count). The van der Waals surface area contributed by atoms with E-state index in [1.807, 2.05) is 20.9 Å². The number of anilines is 1. The average molecular weight is 192 g/mol. The number of fused-ring (bicyclic) bond motifs is 1. The Hall–Kier alpha value is -1.02. The van der Waals surface area contributed by atoms with E-state index in [1.165, 1.54) is 11.3 Å². The average Bonchev–Trinajstić information content (AvgIpc) is 2.31. The normalized spacial score (nSPS) is 18.6. The summed E-state index contributed by atoms with van der Waals surface area (Å²) in [6.45, 7) is 5.04. The summed E-state index contributed by atoms with van der Waals surface area (Å²) in [6.07, 6.45) is 1.14. The van der Waals surface area contributed by atoms with Gasteiger partial charge in [0.2, 0.25) is 0 Å². The van der Waals surface area contributed by atoms with Gasteiger partial charge in [-0.2, -0.15) is 0 Å². The first-order valence-corrected chi connectivity index (χ1v) is 5.39. The Morgan fingerprint density at radius 1 is 1.29 bits per heavy atom. The molecule has 1 unspecified atom stereocenters. The highest BCUT2D eigenvalue weighted by atomic mass is 15.0. The largest absolute Gasteiger partial charge is 0.383 e. The minimum absolute atomic E-state index is 0.583. The minimum atomic E-state index is 0.583. The van der Waals surface area contributed by atoms with E-state index in [1.54, 1.807) is 0 Å². The topological polar surface area (TPSA) is 24.1 Å². The van der Waals surface area contributed by atoms with Gasteiger partial charge in [-0.05, 0) is 25.1 Å². The molecule has 0 spiro atoms. The SMILES string of the molecule is CC.CNC1CNc2ccccc2C1. The summed E-state index contributed by atoms with van der Waals surface area (Å²) in [5, 5.41) is 6.68. The van der Waals surface area contributed by atoms with E-state index >= 15 is 0 Å². The molecule has 78 valence electrons. The molecule has 0 bridgehead atoms. The molecule has 1 atom stereocenters. The van der Waals surface area contributed by atoms with Gasteiger partial charge in [0.05, 0.1) is 0 Å². The molecule has 0 saturated carbocycles. The van der Waals surface area contributed by atoms with Crippen LogP contribution in [-0.2, 0) is 6.42 Å². The first-order valence-electron chi connectivity index (χ1n) is 5.39. The molecule has 1 heterocycles. The summed E-state index contributed by atoms with van der Waals surface area (Å²) in [5.41, 5.74) is 2.71. The third kappa shape index (κ3) is 2.48. The van der Waals surface area contributed by atoms with Gasteiger partial charge in [-0.15, -0.1) is 0 Å². The van der Waals surface area contributed by atoms with E-state index < -0.39 is 0 Å². The zero-order chi connectivity index (χ0) is 10.4. The van der Waals surface area contributed by atoms with Gasteiger partial charge in [0.1, 0.15) is 0 Å². The van der Waals surface area contributed by atoms with E-state index in [4.69, 9.17) is 0 Å². The molecule has 1 aliphatic rings. The maximum Gasteiger partial charge on any atom is 0.0373 e. The number of nitrogens with one attached hydrogen (secondary N) is 2. The second-order valence-corrected chi connectivity index (χ2v) is 3.23. The highest BCUT2D eigenvalue weighted by molar-refractivity contribution is 5.53. The Labute approximate surface area is 86.7 Å². The van der Waals surface area contributed by atoms with Crippen LogP contribution in [0.3, 0.4) is 0 Å². The Bertz CT molecular complexity index is 271. The van der Waals surface area contributed by atoms with Crippen molar-refractivity contribution in [3.8, 4) is 0 Å². The van der Waals surface area contributed by atoms with Gasteiger partial charge in [-0.25, -0.2) is 0 Å². The number of hydrogen-bond acceptors (Lipinski definition) is 2. The molecule has 2 heteroatoms. The predicted molar refractivity (Wildman–Crippen MR) is 62.8 cm³/mol.